The maximum atomic E-state index is 10.9. The van der Waals surface area contributed by atoms with E-state index in [4.69, 9.17) is 15.2 Å². The summed E-state index contributed by atoms with van der Waals surface area (Å²) >= 11 is 0. The van der Waals surface area contributed by atoms with Crippen LogP contribution in [0.2, 0.25) is 0 Å². The summed E-state index contributed by atoms with van der Waals surface area (Å²) in [7, 11) is 0. The predicted molar refractivity (Wildman–Crippen MR) is 39.6 cm³/mol. The molecule has 6 nitrogen and oxygen atoms in total. The second kappa shape index (κ2) is 2.65. The molecule has 0 saturated carbocycles. The second-order valence-corrected chi connectivity index (χ2v) is 3.39. The van der Waals surface area contributed by atoms with Crippen molar-refractivity contribution >= 4 is 5.91 Å². The standard InChI is InChI=1S/C7H11NO5/c8-6(10)7(11)2-13-4-3(9)1-12-5(4)7/h3-5,9,11H,1-2H2,(H2,8,10)/t3-,4-,5+,7+/m1/s1. The lowest BCUT2D eigenvalue weighted by atomic mass is 9.95. The lowest BCUT2D eigenvalue weighted by Gasteiger charge is -2.22. The van der Waals surface area contributed by atoms with E-state index in [2.05, 4.69) is 0 Å². The SMILES string of the molecule is NC(=O)[C@]1(O)CO[C@@H]2[C@H](O)CO[C@@H]21. The number of ether oxygens (including phenoxy) is 2. The van der Waals surface area contributed by atoms with Crippen LogP contribution >= 0.6 is 0 Å². The molecule has 0 aliphatic carbocycles. The number of aliphatic hydroxyl groups excluding tert-OH is 1. The Morgan fingerprint density at radius 3 is 2.85 bits per heavy atom. The van der Waals surface area contributed by atoms with Gasteiger partial charge in [0.25, 0.3) is 5.91 Å². The van der Waals surface area contributed by atoms with Crippen LogP contribution in [0.1, 0.15) is 0 Å². The van der Waals surface area contributed by atoms with Gasteiger partial charge in [0.2, 0.25) is 0 Å². The van der Waals surface area contributed by atoms with E-state index in [9.17, 15) is 15.0 Å². The Morgan fingerprint density at radius 1 is 1.54 bits per heavy atom. The summed E-state index contributed by atoms with van der Waals surface area (Å²) in [6, 6.07) is 0. The Labute approximate surface area is 74.2 Å². The van der Waals surface area contributed by atoms with Gasteiger partial charge < -0.3 is 25.4 Å². The van der Waals surface area contributed by atoms with Crippen LogP contribution in [0.25, 0.3) is 0 Å². The van der Waals surface area contributed by atoms with E-state index in [1.54, 1.807) is 0 Å². The number of carbonyl (C=O) groups is 1. The van der Waals surface area contributed by atoms with Gasteiger partial charge in [0.1, 0.15) is 18.3 Å². The van der Waals surface area contributed by atoms with Gasteiger partial charge in [-0.15, -0.1) is 0 Å². The van der Waals surface area contributed by atoms with E-state index in [1.165, 1.54) is 0 Å². The highest BCUT2D eigenvalue weighted by molar-refractivity contribution is 5.84. The molecule has 2 aliphatic rings. The zero-order valence-electron chi connectivity index (χ0n) is 6.84. The van der Waals surface area contributed by atoms with E-state index >= 15 is 0 Å². The summed E-state index contributed by atoms with van der Waals surface area (Å²) in [6.07, 6.45) is -2.27. The largest absolute Gasteiger partial charge is 0.388 e. The monoisotopic (exact) mass is 189 g/mol. The molecule has 2 fully saturated rings. The van der Waals surface area contributed by atoms with Crippen molar-refractivity contribution < 1.29 is 24.5 Å². The molecule has 0 radical (unpaired) electrons. The average molecular weight is 189 g/mol. The van der Waals surface area contributed by atoms with Gasteiger partial charge in [-0.2, -0.15) is 0 Å². The Kier molecular flexibility index (Phi) is 1.81. The van der Waals surface area contributed by atoms with Gasteiger partial charge in [-0.1, -0.05) is 0 Å². The summed E-state index contributed by atoms with van der Waals surface area (Å²) < 4.78 is 10.1. The molecule has 6 heteroatoms. The molecular formula is C7H11NO5. The normalized spacial score (nSPS) is 49.2. The van der Waals surface area contributed by atoms with Crippen LogP contribution in [0, 0.1) is 0 Å². The van der Waals surface area contributed by atoms with Gasteiger partial charge in [-0.3, -0.25) is 4.79 Å². The summed E-state index contributed by atoms with van der Waals surface area (Å²) in [4.78, 5) is 10.9. The van der Waals surface area contributed by atoms with Crippen LogP contribution in [0.15, 0.2) is 0 Å². The van der Waals surface area contributed by atoms with Crippen molar-refractivity contribution in [2.45, 2.75) is 23.9 Å². The minimum absolute atomic E-state index is 0.0604. The first-order valence-corrected chi connectivity index (χ1v) is 3.99. The van der Waals surface area contributed by atoms with Crippen molar-refractivity contribution in [3.63, 3.8) is 0 Å². The number of primary amides is 1. The minimum Gasteiger partial charge on any atom is -0.388 e. The van der Waals surface area contributed by atoms with Crippen LogP contribution in [-0.4, -0.2) is 53.2 Å². The van der Waals surface area contributed by atoms with Crippen LogP contribution in [0.4, 0.5) is 0 Å². The number of rotatable bonds is 1. The average Bonchev–Trinajstić information content (AvgIpc) is 2.57. The van der Waals surface area contributed by atoms with Crippen molar-refractivity contribution in [2.24, 2.45) is 5.73 Å². The van der Waals surface area contributed by atoms with Gasteiger partial charge >= 0.3 is 0 Å². The van der Waals surface area contributed by atoms with Crippen molar-refractivity contribution in [1.29, 1.82) is 0 Å². The molecule has 2 heterocycles. The highest BCUT2D eigenvalue weighted by Gasteiger charge is 2.59. The smallest absolute Gasteiger partial charge is 0.254 e. The molecule has 4 N–H and O–H groups in total. The maximum absolute atomic E-state index is 10.9. The van der Waals surface area contributed by atoms with Crippen LogP contribution in [0.5, 0.6) is 0 Å². The molecule has 0 aromatic heterocycles. The van der Waals surface area contributed by atoms with Crippen LogP contribution in [-0.2, 0) is 14.3 Å². The summed E-state index contributed by atoms with van der Waals surface area (Å²) in [5, 5.41) is 19.0. The summed E-state index contributed by atoms with van der Waals surface area (Å²) in [6.45, 7) is -0.153. The van der Waals surface area contributed by atoms with Gasteiger partial charge in [-0.25, -0.2) is 0 Å². The fourth-order valence-electron chi connectivity index (χ4n) is 1.72. The number of hydrogen-bond donors (Lipinski definition) is 3. The number of fused-ring (bicyclic) bond motifs is 1. The number of amides is 1. The molecule has 74 valence electrons. The lowest BCUT2D eigenvalue weighted by molar-refractivity contribution is -0.146. The molecule has 0 bridgehead atoms. The van der Waals surface area contributed by atoms with Gasteiger partial charge in [0.05, 0.1) is 13.2 Å². The fourth-order valence-corrected chi connectivity index (χ4v) is 1.72. The fraction of sp³-hybridized carbons (Fsp3) is 0.857. The highest BCUT2D eigenvalue weighted by atomic mass is 16.6. The summed E-state index contributed by atoms with van der Waals surface area (Å²) in [5.41, 5.74) is 3.21. The molecular weight excluding hydrogens is 178 g/mol. The number of carbonyl (C=O) groups excluding carboxylic acids is 1. The predicted octanol–water partition coefficient (Wildman–Crippen LogP) is -2.64. The molecule has 4 atom stereocenters. The van der Waals surface area contributed by atoms with Gasteiger partial charge in [0.15, 0.2) is 5.60 Å². The molecule has 0 aromatic carbocycles. The number of nitrogens with two attached hydrogens (primary N) is 1. The number of hydrogen-bond acceptors (Lipinski definition) is 5. The lowest BCUT2D eigenvalue weighted by Crippen LogP contribution is -2.53. The topological polar surface area (TPSA) is 102 Å². The van der Waals surface area contributed by atoms with Crippen molar-refractivity contribution in [1.82, 2.24) is 0 Å². The molecule has 2 rings (SSSR count). The van der Waals surface area contributed by atoms with E-state index in [0.717, 1.165) is 0 Å². The van der Waals surface area contributed by atoms with E-state index in [1.807, 2.05) is 0 Å². The first kappa shape index (κ1) is 8.89. The van der Waals surface area contributed by atoms with Crippen LogP contribution in [0.3, 0.4) is 0 Å². The molecule has 13 heavy (non-hydrogen) atoms. The molecule has 1 amide bonds. The first-order valence-electron chi connectivity index (χ1n) is 3.99. The maximum Gasteiger partial charge on any atom is 0.254 e. The molecule has 2 saturated heterocycles. The Hall–Kier alpha value is -0.690. The third-order valence-corrected chi connectivity index (χ3v) is 2.52. The van der Waals surface area contributed by atoms with Gasteiger partial charge in [0, 0.05) is 0 Å². The third-order valence-electron chi connectivity index (χ3n) is 2.52. The van der Waals surface area contributed by atoms with Crippen LogP contribution < -0.4 is 5.73 Å². The third kappa shape index (κ3) is 1.07. The molecule has 0 spiro atoms. The minimum atomic E-state index is -1.79. The quantitative estimate of drug-likeness (QED) is 0.418. The van der Waals surface area contributed by atoms with Crippen molar-refractivity contribution in [2.75, 3.05) is 13.2 Å². The highest BCUT2D eigenvalue weighted by Crippen LogP contribution is 2.33. The Balaban J connectivity index is 2.23. The Bertz CT molecular complexity index is 245. The molecule has 0 aromatic rings. The zero-order valence-corrected chi connectivity index (χ0v) is 6.84. The van der Waals surface area contributed by atoms with E-state index in [-0.39, 0.29) is 13.2 Å². The van der Waals surface area contributed by atoms with Gasteiger partial charge in [-0.05, 0) is 0 Å². The molecule has 0 unspecified atom stereocenters. The Morgan fingerprint density at radius 2 is 2.23 bits per heavy atom. The number of aliphatic hydroxyl groups is 2. The van der Waals surface area contributed by atoms with E-state index < -0.39 is 29.8 Å². The second-order valence-electron chi connectivity index (χ2n) is 3.39. The summed E-state index contributed by atoms with van der Waals surface area (Å²) in [5.74, 6) is -0.880. The first-order chi connectivity index (χ1) is 6.05. The van der Waals surface area contributed by atoms with E-state index in [0.29, 0.717) is 0 Å². The zero-order chi connectivity index (χ0) is 9.64. The van der Waals surface area contributed by atoms with Crippen molar-refractivity contribution in [3.8, 4) is 0 Å². The molecule has 2 aliphatic heterocycles. The van der Waals surface area contributed by atoms with Crippen molar-refractivity contribution in [3.05, 3.63) is 0 Å².